The van der Waals surface area contributed by atoms with Crippen LogP contribution in [0.1, 0.15) is 12.8 Å². The Morgan fingerprint density at radius 2 is 2.33 bits per heavy atom. The van der Waals surface area contributed by atoms with Crippen molar-refractivity contribution in [3.63, 3.8) is 0 Å². The van der Waals surface area contributed by atoms with Crippen molar-refractivity contribution in [1.82, 2.24) is 0 Å². The Balaban J connectivity index is 2.00. The van der Waals surface area contributed by atoms with Crippen LogP contribution < -0.4 is 5.32 Å². The molecule has 0 spiro atoms. The van der Waals surface area contributed by atoms with E-state index < -0.39 is 0 Å². The number of rotatable bonds is 2. The molecule has 1 unspecified atom stereocenters. The third-order valence-electron chi connectivity index (χ3n) is 2.45. The van der Waals surface area contributed by atoms with Gasteiger partial charge in [0, 0.05) is 18.3 Å². The number of hydrogen-bond donors (Lipinski definition) is 1. The molecule has 1 N–H and O–H groups in total. The summed E-state index contributed by atoms with van der Waals surface area (Å²) in [5, 5.41) is 3.33. The van der Waals surface area contributed by atoms with Crippen LogP contribution in [0.25, 0.3) is 0 Å². The van der Waals surface area contributed by atoms with Gasteiger partial charge in [-0.15, -0.1) is 0 Å². The van der Waals surface area contributed by atoms with Gasteiger partial charge in [0.15, 0.2) is 0 Å². The highest BCUT2D eigenvalue weighted by Gasteiger charge is 2.13. The van der Waals surface area contributed by atoms with E-state index in [0.717, 1.165) is 31.7 Å². The van der Waals surface area contributed by atoms with Gasteiger partial charge in [-0.25, -0.2) is 4.39 Å². The van der Waals surface area contributed by atoms with E-state index in [4.69, 9.17) is 4.74 Å². The SMILES string of the molecule is Fc1ccc(NC2CCCOC2)cc1Br. The summed E-state index contributed by atoms with van der Waals surface area (Å²) in [7, 11) is 0. The maximum atomic E-state index is 13.0. The summed E-state index contributed by atoms with van der Waals surface area (Å²) in [4.78, 5) is 0. The van der Waals surface area contributed by atoms with Crippen molar-refractivity contribution in [3.05, 3.63) is 28.5 Å². The fraction of sp³-hybridized carbons (Fsp3) is 0.455. The molecule has 82 valence electrons. The van der Waals surface area contributed by atoms with Crippen molar-refractivity contribution < 1.29 is 9.13 Å². The minimum absolute atomic E-state index is 0.236. The first-order valence-corrected chi connectivity index (χ1v) is 5.84. The summed E-state index contributed by atoms with van der Waals surface area (Å²) in [5.74, 6) is -0.236. The number of ether oxygens (including phenoxy) is 1. The lowest BCUT2D eigenvalue weighted by molar-refractivity contribution is 0.0876. The Hall–Kier alpha value is -0.610. The van der Waals surface area contributed by atoms with Crippen molar-refractivity contribution in [3.8, 4) is 0 Å². The van der Waals surface area contributed by atoms with Crippen LogP contribution in [0.15, 0.2) is 22.7 Å². The normalized spacial score (nSPS) is 21.3. The maximum absolute atomic E-state index is 13.0. The van der Waals surface area contributed by atoms with E-state index in [2.05, 4.69) is 21.2 Å². The monoisotopic (exact) mass is 273 g/mol. The summed E-state index contributed by atoms with van der Waals surface area (Å²) in [6.07, 6.45) is 2.19. The first-order chi connectivity index (χ1) is 7.25. The molecular weight excluding hydrogens is 261 g/mol. The van der Waals surface area contributed by atoms with Crippen molar-refractivity contribution in [2.24, 2.45) is 0 Å². The quantitative estimate of drug-likeness (QED) is 0.894. The zero-order chi connectivity index (χ0) is 10.7. The molecule has 0 bridgehead atoms. The van der Waals surface area contributed by atoms with Gasteiger partial charge >= 0.3 is 0 Å². The van der Waals surface area contributed by atoms with Gasteiger partial charge in [-0.3, -0.25) is 0 Å². The minimum Gasteiger partial charge on any atom is -0.380 e. The summed E-state index contributed by atoms with van der Waals surface area (Å²) in [6, 6.07) is 5.30. The topological polar surface area (TPSA) is 21.3 Å². The van der Waals surface area contributed by atoms with Crippen molar-refractivity contribution in [2.45, 2.75) is 18.9 Å². The summed E-state index contributed by atoms with van der Waals surface area (Å²) in [6.45, 7) is 1.58. The molecule has 2 nitrogen and oxygen atoms in total. The second-order valence-electron chi connectivity index (χ2n) is 3.69. The Morgan fingerprint density at radius 3 is 3.00 bits per heavy atom. The first-order valence-electron chi connectivity index (χ1n) is 5.05. The molecule has 0 aromatic heterocycles. The fourth-order valence-corrected chi connectivity index (χ4v) is 2.05. The molecule has 1 aliphatic heterocycles. The van der Waals surface area contributed by atoms with Gasteiger partial charge in [0.1, 0.15) is 5.82 Å². The average molecular weight is 274 g/mol. The van der Waals surface area contributed by atoms with Gasteiger partial charge in [0.25, 0.3) is 0 Å². The third kappa shape index (κ3) is 2.92. The van der Waals surface area contributed by atoms with Crippen LogP contribution in [0, 0.1) is 5.82 Å². The van der Waals surface area contributed by atoms with Crippen molar-refractivity contribution >= 4 is 21.6 Å². The number of benzene rings is 1. The van der Waals surface area contributed by atoms with Crippen LogP contribution in [-0.4, -0.2) is 19.3 Å². The molecule has 0 radical (unpaired) electrons. The van der Waals surface area contributed by atoms with E-state index in [1.165, 1.54) is 6.07 Å². The van der Waals surface area contributed by atoms with E-state index >= 15 is 0 Å². The smallest absolute Gasteiger partial charge is 0.137 e. The zero-order valence-corrected chi connectivity index (χ0v) is 9.89. The first kappa shape index (κ1) is 10.9. The minimum atomic E-state index is -0.236. The lowest BCUT2D eigenvalue weighted by Gasteiger charge is -2.24. The van der Waals surface area contributed by atoms with E-state index in [0.29, 0.717) is 10.5 Å². The lowest BCUT2D eigenvalue weighted by atomic mass is 10.1. The largest absolute Gasteiger partial charge is 0.380 e. The van der Waals surface area contributed by atoms with Crippen LogP contribution in [0.4, 0.5) is 10.1 Å². The molecule has 1 aromatic carbocycles. The summed E-state index contributed by atoms with van der Waals surface area (Å²) in [5.41, 5.74) is 0.929. The van der Waals surface area contributed by atoms with E-state index in [-0.39, 0.29) is 5.82 Å². The van der Waals surface area contributed by atoms with Gasteiger partial charge in [-0.2, -0.15) is 0 Å². The predicted octanol–water partition coefficient (Wildman–Crippen LogP) is 3.18. The van der Waals surface area contributed by atoms with Crippen molar-refractivity contribution in [2.75, 3.05) is 18.5 Å². The average Bonchev–Trinajstić information content (AvgIpc) is 2.25. The molecule has 1 fully saturated rings. The molecule has 15 heavy (non-hydrogen) atoms. The molecule has 0 amide bonds. The fourth-order valence-electron chi connectivity index (χ4n) is 1.68. The second kappa shape index (κ2) is 4.94. The Morgan fingerprint density at radius 1 is 1.47 bits per heavy atom. The maximum Gasteiger partial charge on any atom is 0.137 e. The third-order valence-corrected chi connectivity index (χ3v) is 3.06. The predicted molar refractivity (Wildman–Crippen MR) is 61.6 cm³/mol. The number of nitrogens with one attached hydrogen (secondary N) is 1. The Bertz CT molecular complexity index is 339. The number of hydrogen-bond acceptors (Lipinski definition) is 2. The highest BCUT2D eigenvalue weighted by atomic mass is 79.9. The number of halogens is 2. The van der Waals surface area contributed by atoms with Gasteiger partial charge < -0.3 is 10.1 Å². The van der Waals surface area contributed by atoms with E-state index in [1.54, 1.807) is 12.1 Å². The van der Waals surface area contributed by atoms with Crippen LogP contribution in [-0.2, 0) is 4.74 Å². The van der Waals surface area contributed by atoms with Gasteiger partial charge in [0.05, 0.1) is 11.1 Å². The summed E-state index contributed by atoms with van der Waals surface area (Å²) < 4.78 is 18.8. The summed E-state index contributed by atoms with van der Waals surface area (Å²) >= 11 is 3.16. The van der Waals surface area contributed by atoms with E-state index in [1.807, 2.05) is 0 Å². The van der Waals surface area contributed by atoms with Crippen LogP contribution >= 0.6 is 15.9 Å². The van der Waals surface area contributed by atoms with Gasteiger partial charge in [0.2, 0.25) is 0 Å². The van der Waals surface area contributed by atoms with Crippen LogP contribution in [0.3, 0.4) is 0 Å². The molecule has 1 atom stereocenters. The standard InChI is InChI=1S/C11H13BrFNO/c12-10-6-8(3-4-11(10)13)14-9-2-1-5-15-7-9/h3-4,6,9,14H,1-2,5,7H2. The highest BCUT2D eigenvalue weighted by molar-refractivity contribution is 9.10. The van der Waals surface area contributed by atoms with Crippen molar-refractivity contribution in [1.29, 1.82) is 0 Å². The second-order valence-corrected chi connectivity index (χ2v) is 4.54. The Kier molecular flexibility index (Phi) is 3.59. The molecule has 4 heteroatoms. The Labute approximate surface area is 96.9 Å². The molecule has 0 saturated carbocycles. The molecule has 1 aliphatic rings. The van der Waals surface area contributed by atoms with E-state index in [9.17, 15) is 4.39 Å². The number of anilines is 1. The molecule has 1 aromatic rings. The molecule has 0 aliphatic carbocycles. The van der Waals surface area contributed by atoms with Crippen LogP contribution in [0.2, 0.25) is 0 Å². The molecule has 1 saturated heterocycles. The molecule has 1 heterocycles. The molecular formula is C11H13BrFNO. The van der Waals surface area contributed by atoms with Gasteiger partial charge in [-0.1, -0.05) is 0 Å². The highest BCUT2D eigenvalue weighted by Crippen LogP contribution is 2.21. The zero-order valence-electron chi connectivity index (χ0n) is 8.30. The van der Waals surface area contributed by atoms with Crippen LogP contribution in [0.5, 0.6) is 0 Å². The molecule has 2 rings (SSSR count). The van der Waals surface area contributed by atoms with Gasteiger partial charge in [-0.05, 0) is 47.0 Å². The lowest BCUT2D eigenvalue weighted by Crippen LogP contribution is -2.29.